The van der Waals surface area contributed by atoms with Crippen LogP contribution in [-0.2, 0) is 4.74 Å². The van der Waals surface area contributed by atoms with Crippen LogP contribution in [0.2, 0.25) is 0 Å². The second kappa shape index (κ2) is 10.5. The summed E-state index contributed by atoms with van der Waals surface area (Å²) >= 11 is 1.58. The molecule has 1 saturated heterocycles. The maximum atomic E-state index is 13.7. The summed E-state index contributed by atoms with van der Waals surface area (Å²) in [4.78, 5) is 22.8. The maximum Gasteiger partial charge on any atom is 0.260 e. The summed E-state index contributed by atoms with van der Waals surface area (Å²) in [5.74, 6) is 1.04. The highest BCUT2D eigenvalue weighted by molar-refractivity contribution is 7.22. The van der Waals surface area contributed by atoms with E-state index in [2.05, 4.69) is 30.9 Å². The fraction of sp³-hybridized carbons (Fsp3) is 0.440. The summed E-state index contributed by atoms with van der Waals surface area (Å²) in [6.07, 6.45) is 0.854. The number of fused-ring (bicyclic) bond motifs is 1. The van der Waals surface area contributed by atoms with Gasteiger partial charge in [0.1, 0.15) is 0 Å². The molecule has 0 spiro atoms. The van der Waals surface area contributed by atoms with E-state index < -0.39 is 0 Å². The molecule has 33 heavy (non-hydrogen) atoms. The first-order valence-corrected chi connectivity index (χ1v) is 12.0. The number of rotatable bonds is 8. The smallest absolute Gasteiger partial charge is 0.260 e. The first kappa shape index (κ1) is 23.5. The molecule has 1 fully saturated rings. The van der Waals surface area contributed by atoms with Crippen molar-refractivity contribution in [2.45, 2.75) is 20.3 Å². The number of methoxy groups -OCH3 is 2. The van der Waals surface area contributed by atoms with Gasteiger partial charge in [-0.1, -0.05) is 23.5 Å². The van der Waals surface area contributed by atoms with Crippen molar-refractivity contribution < 1.29 is 19.0 Å². The fourth-order valence-electron chi connectivity index (χ4n) is 4.05. The van der Waals surface area contributed by atoms with E-state index in [1.165, 1.54) is 5.56 Å². The van der Waals surface area contributed by atoms with Gasteiger partial charge in [0, 0.05) is 31.7 Å². The molecule has 0 radical (unpaired) electrons. The van der Waals surface area contributed by atoms with Crippen LogP contribution in [0.1, 0.15) is 27.9 Å². The summed E-state index contributed by atoms with van der Waals surface area (Å²) in [7, 11) is 3.16. The van der Waals surface area contributed by atoms with E-state index in [0.717, 1.165) is 60.2 Å². The van der Waals surface area contributed by atoms with Crippen LogP contribution in [0.25, 0.3) is 10.2 Å². The number of hydrogen-bond acceptors (Lipinski definition) is 7. The van der Waals surface area contributed by atoms with Crippen molar-refractivity contribution >= 4 is 32.6 Å². The Labute approximate surface area is 198 Å². The van der Waals surface area contributed by atoms with Gasteiger partial charge in [0.05, 0.1) is 37.6 Å². The van der Waals surface area contributed by atoms with E-state index in [-0.39, 0.29) is 5.91 Å². The Morgan fingerprint density at radius 2 is 1.82 bits per heavy atom. The summed E-state index contributed by atoms with van der Waals surface area (Å²) in [6.45, 7) is 9.05. The molecule has 2 heterocycles. The van der Waals surface area contributed by atoms with Gasteiger partial charge in [-0.2, -0.15) is 0 Å². The highest BCUT2D eigenvalue weighted by Crippen LogP contribution is 2.35. The van der Waals surface area contributed by atoms with Gasteiger partial charge in [-0.15, -0.1) is 0 Å². The Kier molecular flexibility index (Phi) is 7.47. The topological polar surface area (TPSA) is 64.1 Å². The number of anilines is 1. The highest BCUT2D eigenvalue weighted by Gasteiger charge is 2.24. The van der Waals surface area contributed by atoms with Gasteiger partial charge in [-0.05, 0) is 49.6 Å². The van der Waals surface area contributed by atoms with E-state index in [1.54, 1.807) is 43.8 Å². The van der Waals surface area contributed by atoms with Gasteiger partial charge >= 0.3 is 0 Å². The van der Waals surface area contributed by atoms with Crippen LogP contribution in [-0.4, -0.2) is 69.4 Å². The number of nitrogens with zero attached hydrogens (tertiary/aromatic N) is 3. The predicted molar refractivity (Wildman–Crippen MR) is 132 cm³/mol. The predicted octanol–water partition coefficient (Wildman–Crippen LogP) is 4.30. The third-order valence-corrected chi connectivity index (χ3v) is 7.21. The first-order chi connectivity index (χ1) is 16.0. The zero-order valence-electron chi connectivity index (χ0n) is 19.7. The molecule has 0 saturated carbocycles. The van der Waals surface area contributed by atoms with Crippen LogP contribution < -0.4 is 14.4 Å². The SMILES string of the molecule is COc1ccc(C(=O)N(CCCN2CCOCC2)c2nc3c(C)ccc(C)c3s2)cc1OC. The zero-order chi connectivity index (χ0) is 23.4. The van der Waals surface area contributed by atoms with Gasteiger partial charge < -0.3 is 14.2 Å². The molecule has 0 N–H and O–H groups in total. The lowest BCUT2D eigenvalue weighted by Crippen LogP contribution is -2.39. The summed E-state index contributed by atoms with van der Waals surface area (Å²) in [6, 6.07) is 9.48. The second-order valence-corrected chi connectivity index (χ2v) is 9.19. The number of aryl methyl sites for hydroxylation is 2. The first-order valence-electron chi connectivity index (χ1n) is 11.2. The number of hydrogen-bond donors (Lipinski definition) is 0. The average molecular weight is 470 g/mol. The van der Waals surface area contributed by atoms with Crippen LogP contribution in [0.4, 0.5) is 5.13 Å². The van der Waals surface area contributed by atoms with E-state index in [9.17, 15) is 4.79 Å². The van der Waals surface area contributed by atoms with E-state index in [0.29, 0.717) is 23.6 Å². The molecule has 3 aromatic rings. The van der Waals surface area contributed by atoms with Crippen LogP contribution in [0.15, 0.2) is 30.3 Å². The Morgan fingerprint density at radius 3 is 2.52 bits per heavy atom. The Morgan fingerprint density at radius 1 is 1.09 bits per heavy atom. The van der Waals surface area contributed by atoms with Crippen molar-refractivity contribution in [1.82, 2.24) is 9.88 Å². The molecule has 2 aromatic carbocycles. The number of carbonyl (C=O) groups is 1. The lowest BCUT2D eigenvalue weighted by Gasteiger charge is -2.27. The van der Waals surface area contributed by atoms with Crippen molar-refractivity contribution in [1.29, 1.82) is 0 Å². The number of aromatic nitrogens is 1. The molecule has 0 aliphatic carbocycles. The lowest BCUT2D eigenvalue weighted by molar-refractivity contribution is 0.0376. The van der Waals surface area contributed by atoms with Crippen molar-refractivity contribution in [3.8, 4) is 11.5 Å². The molecule has 0 unspecified atom stereocenters. The molecule has 8 heteroatoms. The molecule has 7 nitrogen and oxygen atoms in total. The van der Waals surface area contributed by atoms with Crippen molar-refractivity contribution in [3.63, 3.8) is 0 Å². The molecule has 1 aliphatic rings. The molecule has 0 atom stereocenters. The average Bonchev–Trinajstić information content (AvgIpc) is 3.30. The number of morpholine rings is 1. The molecule has 1 aromatic heterocycles. The van der Waals surface area contributed by atoms with E-state index in [4.69, 9.17) is 19.2 Å². The van der Waals surface area contributed by atoms with Gasteiger partial charge in [0.2, 0.25) is 0 Å². The Hall–Kier alpha value is -2.68. The molecule has 1 aliphatic heterocycles. The van der Waals surface area contributed by atoms with Gasteiger partial charge in [-0.25, -0.2) is 4.98 Å². The number of carbonyl (C=O) groups excluding carboxylic acids is 1. The van der Waals surface area contributed by atoms with E-state index >= 15 is 0 Å². The minimum absolute atomic E-state index is 0.0905. The van der Waals surface area contributed by atoms with Crippen LogP contribution in [0.5, 0.6) is 11.5 Å². The summed E-state index contributed by atoms with van der Waals surface area (Å²) in [5.41, 5.74) is 3.80. The minimum atomic E-state index is -0.0905. The maximum absolute atomic E-state index is 13.7. The van der Waals surface area contributed by atoms with Crippen LogP contribution in [0.3, 0.4) is 0 Å². The summed E-state index contributed by atoms with van der Waals surface area (Å²) in [5, 5.41) is 0.726. The quantitative estimate of drug-likeness (QED) is 0.490. The third kappa shape index (κ3) is 5.13. The van der Waals surface area contributed by atoms with E-state index in [1.807, 2.05) is 4.90 Å². The standard InChI is InChI=1S/C25H31N3O4S/c1-17-6-7-18(2)23-22(17)26-25(33-23)28(11-5-10-27-12-14-32-15-13-27)24(29)19-8-9-20(30-3)21(16-19)31-4/h6-9,16H,5,10-15H2,1-4H3. The molecule has 4 rings (SSSR count). The monoisotopic (exact) mass is 469 g/mol. The number of ether oxygens (including phenoxy) is 3. The van der Waals surface area contributed by atoms with Crippen molar-refractivity contribution in [2.24, 2.45) is 0 Å². The van der Waals surface area contributed by atoms with Gasteiger partial charge in [0.15, 0.2) is 16.6 Å². The van der Waals surface area contributed by atoms with Crippen LogP contribution in [0, 0.1) is 13.8 Å². The molecular formula is C25H31N3O4S. The number of benzene rings is 2. The van der Waals surface area contributed by atoms with Gasteiger partial charge in [0.25, 0.3) is 5.91 Å². The number of thiazole rings is 1. The number of amides is 1. The highest BCUT2D eigenvalue weighted by atomic mass is 32.1. The van der Waals surface area contributed by atoms with Crippen molar-refractivity contribution in [3.05, 3.63) is 47.0 Å². The minimum Gasteiger partial charge on any atom is -0.493 e. The third-order valence-electron chi connectivity index (χ3n) is 6.00. The summed E-state index contributed by atoms with van der Waals surface area (Å²) < 4.78 is 17.3. The van der Waals surface area contributed by atoms with Crippen molar-refractivity contribution in [2.75, 3.05) is 58.5 Å². The Balaban J connectivity index is 1.64. The second-order valence-electron chi connectivity index (χ2n) is 8.21. The Bertz CT molecular complexity index is 1090. The molecule has 0 bridgehead atoms. The molecule has 176 valence electrons. The lowest BCUT2D eigenvalue weighted by atomic mass is 10.1. The zero-order valence-corrected chi connectivity index (χ0v) is 20.5. The largest absolute Gasteiger partial charge is 0.493 e. The van der Waals surface area contributed by atoms with Crippen LogP contribution >= 0.6 is 11.3 Å². The molecular weight excluding hydrogens is 438 g/mol. The molecule has 1 amide bonds. The fourth-order valence-corrected chi connectivity index (χ4v) is 5.19. The normalized spacial score (nSPS) is 14.4. The van der Waals surface area contributed by atoms with Gasteiger partial charge in [-0.3, -0.25) is 14.6 Å².